The van der Waals surface area contributed by atoms with Gasteiger partial charge in [-0.15, -0.1) is 13.2 Å². The summed E-state index contributed by atoms with van der Waals surface area (Å²) in [6.07, 6.45) is -2.39. The first-order valence-electron chi connectivity index (χ1n) is 7.16. The van der Waals surface area contributed by atoms with Gasteiger partial charge in [0.1, 0.15) is 5.75 Å². The van der Waals surface area contributed by atoms with Crippen molar-refractivity contribution in [1.82, 2.24) is 10.2 Å². The summed E-state index contributed by atoms with van der Waals surface area (Å²) in [7, 11) is 1.58. The normalized spacial score (nSPS) is 18.3. The topological polar surface area (TPSA) is 41.6 Å². The van der Waals surface area contributed by atoms with Gasteiger partial charge in [0.15, 0.2) is 0 Å². The van der Waals surface area contributed by atoms with Crippen LogP contribution in [0, 0.1) is 0 Å². The van der Waals surface area contributed by atoms with Gasteiger partial charge in [0, 0.05) is 31.6 Å². The molecule has 1 atom stereocenters. The summed E-state index contributed by atoms with van der Waals surface area (Å²) >= 11 is 0. The summed E-state index contributed by atoms with van der Waals surface area (Å²) in [5.74, 6) is -0.366. The van der Waals surface area contributed by atoms with E-state index in [1.54, 1.807) is 13.1 Å². The van der Waals surface area contributed by atoms with Gasteiger partial charge in [-0.2, -0.15) is 0 Å². The van der Waals surface area contributed by atoms with Crippen molar-refractivity contribution >= 4 is 5.91 Å². The average Bonchev–Trinajstić information content (AvgIpc) is 2.92. The smallest absolute Gasteiger partial charge is 0.405 e. The molecule has 1 heterocycles. The highest BCUT2D eigenvalue weighted by Crippen LogP contribution is 2.27. The second-order valence-electron chi connectivity index (χ2n) is 5.40. The zero-order valence-corrected chi connectivity index (χ0v) is 12.3. The van der Waals surface area contributed by atoms with E-state index in [0.717, 1.165) is 19.4 Å². The fourth-order valence-corrected chi connectivity index (χ4v) is 2.50. The summed E-state index contributed by atoms with van der Waals surface area (Å²) in [6, 6.07) is 6.03. The zero-order valence-electron chi connectivity index (χ0n) is 12.3. The number of benzene rings is 1. The van der Waals surface area contributed by atoms with Crippen LogP contribution in [0.15, 0.2) is 24.3 Å². The minimum absolute atomic E-state index is 0.0812. The van der Waals surface area contributed by atoms with Crippen molar-refractivity contribution in [2.45, 2.75) is 38.2 Å². The third kappa shape index (κ3) is 4.91. The lowest BCUT2D eigenvalue weighted by molar-refractivity contribution is -0.275. The number of hydrogen-bond donors (Lipinski definition) is 1. The molecule has 1 saturated heterocycles. The molecule has 7 heteroatoms. The van der Waals surface area contributed by atoms with Crippen LogP contribution in [0.1, 0.15) is 24.8 Å². The number of para-hydroxylation sites is 1. The molecular formula is C15H19F3N2O2. The molecule has 4 nitrogen and oxygen atoms in total. The third-order valence-electron chi connectivity index (χ3n) is 3.61. The van der Waals surface area contributed by atoms with Gasteiger partial charge < -0.3 is 15.0 Å². The van der Waals surface area contributed by atoms with Crippen LogP contribution in [0.3, 0.4) is 0 Å². The van der Waals surface area contributed by atoms with E-state index in [4.69, 9.17) is 0 Å². The molecule has 0 saturated carbocycles. The molecule has 1 aromatic carbocycles. The van der Waals surface area contributed by atoms with Crippen molar-refractivity contribution < 1.29 is 22.7 Å². The van der Waals surface area contributed by atoms with Crippen molar-refractivity contribution in [3.05, 3.63) is 29.8 Å². The highest BCUT2D eigenvalue weighted by molar-refractivity contribution is 5.76. The number of carbonyl (C=O) groups excluding carboxylic acids is 1. The van der Waals surface area contributed by atoms with E-state index in [0.29, 0.717) is 12.0 Å². The average molecular weight is 316 g/mol. The standard InChI is InChI=1S/C15H19F3N2O2/c1-20(14(21)9-12-6-4-8-19-12)10-11-5-2-3-7-13(11)22-15(16,17)18/h2-3,5,7,12,19H,4,6,8-10H2,1H3. The monoisotopic (exact) mass is 316 g/mol. The first kappa shape index (κ1) is 16.6. The second kappa shape index (κ2) is 7.00. The number of carbonyl (C=O) groups is 1. The Balaban J connectivity index is 1.98. The van der Waals surface area contributed by atoms with Crippen molar-refractivity contribution in [3.8, 4) is 5.75 Å². The Kier molecular flexibility index (Phi) is 5.28. The molecule has 122 valence electrons. The number of halogens is 3. The predicted octanol–water partition coefficient (Wildman–Crippen LogP) is 2.69. The van der Waals surface area contributed by atoms with Crippen LogP contribution >= 0.6 is 0 Å². The van der Waals surface area contributed by atoms with Crippen LogP contribution in [0.25, 0.3) is 0 Å². The molecular weight excluding hydrogens is 297 g/mol. The maximum Gasteiger partial charge on any atom is 0.573 e. The van der Waals surface area contributed by atoms with Gasteiger partial charge in [-0.25, -0.2) is 0 Å². The molecule has 0 aromatic heterocycles. The molecule has 0 bridgehead atoms. The molecule has 1 aliphatic rings. The van der Waals surface area contributed by atoms with Gasteiger partial charge >= 0.3 is 6.36 Å². The number of hydrogen-bond acceptors (Lipinski definition) is 3. The van der Waals surface area contributed by atoms with Crippen molar-refractivity contribution in [1.29, 1.82) is 0 Å². The number of nitrogens with one attached hydrogen (secondary N) is 1. The molecule has 0 aliphatic carbocycles. The number of amides is 1. The quantitative estimate of drug-likeness (QED) is 0.908. The summed E-state index contributed by atoms with van der Waals surface area (Å²) in [5.41, 5.74) is 0.329. The molecule has 1 aromatic rings. The first-order chi connectivity index (χ1) is 10.3. The van der Waals surface area contributed by atoms with Crippen LogP contribution in [0.4, 0.5) is 13.2 Å². The largest absolute Gasteiger partial charge is 0.573 e. The highest BCUT2D eigenvalue weighted by Gasteiger charge is 2.32. The van der Waals surface area contributed by atoms with E-state index in [2.05, 4.69) is 10.1 Å². The number of rotatable bonds is 5. The lowest BCUT2D eigenvalue weighted by Gasteiger charge is -2.21. The van der Waals surface area contributed by atoms with Crippen LogP contribution < -0.4 is 10.1 Å². The molecule has 0 spiro atoms. The Hall–Kier alpha value is -1.76. The highest BCUT2D eigenvalue weighted by atomic mass is 19.4. The third-order valence-corrected chi connectivity index (χ3v) is 3.61. The summed E-state index contributed by atoms with van der Waals surface area (Å²) in [4.78, 5) is 13.6. The summed E-state index contributed by atoms with van der Waals surface area (Å²) in [5, 5.41) is 3.23. The maximum atomic E-state index is 12.4. The van der Waals surface area contributed by atoms with Crippen molar-refractivity contribution in [2.24, 2.45) is 0 Å². The van der Waals surface area contributed by atoms with Crippen LogP contribution in [0.2, 0.25) is 0 Å². The van der Waals surface area contributed by atoms with Gasteiger partial charge in [0.05, 0.1) is 0 Å². The summed E-state index contributed by atoms with van der Waals surface area (Å²) < 4.78 is 41.1. The fraction of sp³-hybridized carbons (Fsp3) is 0.533. The van der Waals surface area contributed by atoms with Gasteiger partial charge in [-0.3, -0.25) is 4.79 Å². The minimum Gasteiger partial charge on any atom is -0.405 e. The Morgan fingerprint density at radius 3 is 2.77 bits per heavy atom. The van der Waals surface area contributed by atoms with Crippen LogP contribution in [-0.2, 0) is 11.3 Å². The van der Waals surface area contributed by atoms with Crippen LogP contribution in [0.5, 0.6) is 5.75 Å². The second-order valence-corrected chi connectivity index (χ2v) is 5.40. The van der Waals surface area contributed by atoms with E-state index < -0.39 is 6.36 Å². The maximum absolute atomic E-state index is 12.4. The Labute approximate surface area is 127 Å². The molecule has 1 fully saturated rings. The van der Waals surface area contributed by atoms with Crippen molar-refractivity contribution in [2.75, 3.05) is 13.6 Å². The molecule has 2 rings (SSSR count). The zero-order chi connectivity index (χ0) is 16.2. The van der Waals surface area contributed by atoms with Gasteiger partial charge in [0.2, 0.25) is 5.91 Å². The summed E-state index contributed by atoms with van der Waals surface area (Å²) in [6.45, 7) is 0.988. The lowest BCUT2D eigenvalue weighted by atomic mass is 10.1. The molecule has 0 radical (unpaired) electrons. The molecule has 1 unspecified atom stereocenters. The number of nitrogens with zero attached hydrogens (tertiary/aromatic N) is 1. The Morgan fingerprint density at radius 2 is 2.14 bits per heavy atom. The Morgan fingerprint density at radius 1 is 1.41 bits per heavy atom. The lowest BCUT2D eigenvalue weighted by Crippen LogP contribution is -2.33. The van der Waals surface area contributed by atoms with E-state index in [9.17, 15) is 18.0 Å². The van der Waals surface area contributed by atoms with E-state index in [1.165, 1.54) is 23.1 Å². The SMILES string of the molecule is CN(Cc1ccccc1OC(F)(F)F)C(=O)CC1CCCN1. The van der Waals surface area contributed by atoms with Crippen molar-refractivity contribution in [3.63, 3.8) is 0 Å². The molecule has 1 amide bonds. The first-order valence-corrected chi connectivity index (χ1v) is 7.16. The van der Waals surface area contributed by atoms with Gasteiger partial charge in [-0.1, -0.05) is 18.2 Å². The van der Waals surface area contributed by atoms with Gasteiger partial charge in [0.25, 0.3) is 0 Å². The molecule has 22 heavy (non-hydrogen) atoms. The van der Waals surface area contributed by atoms with Crippen LogP contribution in [-0.4, -0.2) is 36.8 Å². The van der Waals surface area contributed by atoms with E-state index >= 15 is 0 Å². The number of ether oxygens (including phenoxy) is 1. The molecule has 1 N–H and O–H groups in total. The Bertz CT molecular complexity index is 514. The number of alkyl halides is 3. The molecule has 1 aliphatic heterocycles. The minimum atomic E-state index is -4.74. The van der Waals surface area contributed by atoms with E-state index in [-0.39, 0.29) is 24.2 Å². The van der Waals surface area contributed by atoms with E-state index in [1.807, 2.05) is 0 Å². The van der Waals surface area contributed by atoms with Gasteiger partial charge in [-0.05, 0) is 25.5 Å². The predicted molar refractivity (Wildman–Crippen MR) is 75.2 cm³/mol. The fourth-order valence-electron chi connectivity index (χ4n) is 2.50.